The van der Waals surface area contributed by atoms with Gasteiger partial charge in [-0.1, -0.05) is 12.1 Å². The van der Waals surface area contributed by atoms with Crippen LogP contribution in [0.4, 0.5) is 11.4 Å². The third kappa shape index (κ3) is 4.03. The van der Waals surface area contributed by atoms with Crippen molar-refractivity contribution in [2.24, 2.45) is 0 Å². The van der Waals surface area contributed by atoms with Crippen molar-refractivity contribution in [2.45, 2.75) is 27.3 Å². The van der Waals surface area contributed by atoms with E-state index in [4.69, 9.17) is 4.74 Å². The van der Waals surface area contributed by atoms with E-state index in [1.54, 1.807) is 19.1 Å². The average Bonchev–Trinajstić information content (AvgIpc) is 2.87. The van der Waals surface area contributed by atoms with E-state index in [9.17, 15) is 19.7 Å². The van der Waals surface area contributed by atoms with Gasteiger partial charge >= 0.3 is 5.97 Å². The molecule has 8 nitrogen and oxygen atoms in total. The SMILES string of the molecule is CCn1c(C)cc(C(=O)OCC(=O)Nc2ccccc2[N+](=O)[O-])c1C. The van der Waals surface area contributed by atoms with Gasteiger partial charge in [0, 0.05) is 24.0 Å². The molecule has 0 aliphatic rings. The van der Waals surface area contributed by atoms with E-state index in [0.29, 0.717) is 5.56 Å². The number of carbonyl (C=O) groups is 2. The van der Waals surface area contributed by atoms with E-state index in [-0.39, 0.29) is 11.4 Å². The smallest absolute Gasteiger partial charge is 0.340 e. The largest absolute Gasteiger partial charge is 0.452 e. The minimum Gasteiger partial charge on any atom is -0.452 e. The molecule has 0 bridgehead atoms. The van der Waals surface area contributed by atoms with Crippen LogP contribution in [-0.2, 0) is 16.1 Å². The minimum atomic E-state index is -0.646. The van der Waals surface area contributed by atoms with Crippen molar-refractivity contribution in [3.8, 4) is 0 Å². The Hall–Kier alpha value is -3.16. The van der Waals surface area contributed by atoms with Crippen molar-refractivity contribution in [1.82, 2.24) is 4.57 Å². The Bertz CT molecular complexity index is 826. The van der Waals surface area contributed by atoms with Crippen LogP contribution in [0, 0.1) is 24.0 Å². The van der Waals surface area contributed by atoms with Gasteiger partial charge in [-0.3, -0.25) is 14.9 Å². The quantitative estimate of drug-likeness (QED) is 0.492. The molecule has 1 heterocycles. The Balaban J connectivity index is 2.01. The summed E-state index contributed by atoms with van der Waals surface area (Å²) in [5.41, 5.74) is 1.92. The van der Waals surface area contributed by atoms with Crippen LogP contribution >= 0.6 is 0 Å². The maximum absolute atomic E-state index is 12.2. The highest BCUT2D eigenvalue weighted by Gasteiger charge is 2.19. The zero-order valence-electron chi connectivity index (χ0n) is 14.2. The van der Waals surface area contributed by atoms with Crippen molar-refractivity contribution in [2.75, 3.05) is 11.9 Å². The van der Waals surface area contributed by atoms with Gasteiger partial charge in [0.05, 0.1) is 10.5 Å². The number of ether oxygens (including phenoxy) is 1. The molecule has 0 radical (unpaired) electrons. The highest BCUT2D eigenvalue weighted by molar-refractivity contribution is 5.97. The summed E-state index contributed by atoms with van der Waals surface area (Å²) in [6.45, 7) is 5.86. The van der Waals surface area contributed by atoms with Gasteiger partial charge in [0.15, 0.2) is 6.61 Å². The molecule has 0 atom stereocenters. The average molecular weight is 345 g/mol. The molecule has 132 valence electrons. The molecule has 0 aliphatic carbocycles. The Labute approximate surface area is 144 Å². The monoisotopic (exact) mass is 345 g/mol. The van der Waals surface area contributed by atoms with Crippen molar-refractivity contribution in [3.63, 3.8) is 0 Å². The first-order valence-corrected chi connectivity index (χ1v) is 7.72. The lowest BCUT2D eigenvalue weighted by atomic mass is 10.2. The van der Waals surface area contributed by atoms with Crippen LogP contribution in [0.5, 0.6) is 0 Å². The van der Waals surface area contributed by atoms with Gasteiger partial charge in [-0.25, -0.2) is 4.79 Å². The number of esters is 1. The molecule has 0 fully saturated rings. The van der Waals surface area contributed by atoms with E-state index >= 15 is 0 Å². The first-order valence-electron chi connectivity index (χ1n) is 7.72. The van der Waals surface area contributed by atoms with Crippen molar-refractivity contribution < 1.29 is 19.2 Å². The minimum absolute atomic E-state index is 0.0534. The number of hydrogen-bond donors (Lipinski definition) is 1. The molecular formula is C17H19N3O5. The standard InChI is InChI=1S/C17H19N3O5/c1-4-19-11(2)9-13(12(19)3)17(22)25-10-16(21)18-14-7-5-6-8-15(14)20(23)24/h5-9H,4,10H2,1-3H3,(H,18,21). The predicted molar refractivity (Wildman–Crippen MR) is 91.6 cm³/mol. The molecule has 0 saturated heterocycles. The molecular weight excluding hydrogens is 326 g/mol. The van der Waals surface area contributed by atoms with Gasteiger partial charge in [-0.05, 0) is 32.9 Å². The highest BCUT2D eigenvalue weighted by atomic mass is 16.6. The number of aromatic nitrogens is 1. The predicted octanol–water partition coefficient (Wildman–Crippen LogP) is 2.83. The van der Waals surface area contributed by atoms with Crippen LogP contribution in [0.25, 0.3) is 0 Å². The van der Waals surface area contributed by atoms with Crippen LogP contribution in [0.15, 0.2) is 30.3 Å². The fourth-order valence-corrected chi connectivity index (χ4v) is 2.63. The van der Waals surface area contributed by atoms with Crippen LogP contribution < -0.4 is 5.32 Å². The number of anilines is 1. The van der Waals surface area contributed by atoms with Gasteiger partial charge in [-0.2, -0.15) is 0 Å². The van der Waals surface area contributed by atoms with E-state index in [1.807, 2.05) is 18.4 Å². The third-order valence-corrected chi connectivity index (χ3v) is 3.82. The summed E-state index contributed by atoms with van der Waals surface area (Å²) in [4.78, 5) is 34.4. The molecule has 0 spiro atoms. The maximum atomic E-state index is 12.2. The number of para-hydroxylation sites is 2. The number of nitrogens with zero attached hydrogens (tertiary/aromatic N) is 2. The number of hydrogen-bond acceptors (Lipinski definition) is 5. The fourth-order valence-electron chi connectivity index (χ4n) is 2.63. The second kappa shape index (κ2) is 7.61. The van der Waals surface area contributed by atoms with Gasteiger partial charge in [0.2, 0.25) is 0 Å². The van der Waals surface area contributed by atoms with E-state index in [1.165, 1.54) is 18.2 Å². The Morgan fingerprint density at radius 1 is 1.28 bits per heavy atom. The molecule has 2 aromatic rings. The number of aryl methyl sites for hydroxylation is 1. The van der Waals surface area contributed by atoms with Crippen LogP contribution in [0.2, 0.25) is 0 Å². The first-order chi connectivity index (χ1) is 11.8. The van der Waals surface area contributed by atoms with Crippen molar-refractivity contribution >= 4 is 23.3 Å². The lowest BCUT2D eigenvalue weighted by molar-refractivity contribution is -0.383. The number of nitro groups is 1. The molecule has 25 heavy (non-hydrogen) atoms. The Kier molecular flexibility index (Phi) is 5.53. The van der Waals surface area contributed by atoms with Crippen LogP contribution in [0.3, 0.4) is 0 Å². The zero-order chi connectivity index (χ0) is 18.6. The highest BCUT2D eigenvalue weighted by Crippen LogP contribution is 2.23. The fraction of sp³-hybridized carbons (Fsp3) is 0.294. The van der Waals surface area contributed by atoms with E-state index < -0.39 is 23.4 Å². The maximum Gasteiger partial charge on any atom is 0.340 e. The summed E-state index contributed by atoms with van der Waals surface area (Å²) in [6, 6.07) is 7.46. The summed E-state index contributed by atoms with van der Waals surface area (Å²) >= 11 is 0. The summed E-state index contributed by atoms with van der Waals surface area (Å²) in [7, 11) is 0. The lowest BCUT2D eigenvalue weighted by Gasteiger charge is -2.08. The summed E-state index contributed by atoms with van der Waals surface area (Å²) in [5.74, 6) is -1.25. The second-order valence-electron chi connectivity index (χ2n) is 5.43. The summed E-state index contributed by atoms with van der Waals surface area (Å²) in [6.07, 6.45) is 0. The number of benzene rings is 1. The molecule has 0 aliphatic heterocycles. The molecule has 2 rings (SSSR count). The van der Waals surface area contributed by atoms with Gasteiger partial charge in [0.25, 0.3) is 11.6 Å². The molecule has 1 amide bonds. The van der Waals surface area contributed by atoms with Crippen LogP contribution in [0.1, 0.15) is 28.7 Å². The summed E-state index contributed by atoms with van der Waals surface area (Å²) < 4.78 is 6.98. The third-order valence-electron chi connectivity index (χ3n) is 3.82. The van der Waals surface area contributed by atoms with Crippen LogP contribution in [-0.4, -0.2) is 28.0 Å². The van der Waals surface area contributed by atoms with Crippen molar-refractivity contribution in [1.29, 1.82) is 0 Å². The molecule has 0 unspecified atom stereocenters. The molecule has 1 aromatic carbocycles. The number of rotatable bonds is 6. The normalized spacial score (nSPS) is 10.4. The lowest BCUT2D eigenvalue weighted by Crippen LogP contribution is -2.21. The molecule has 8 heteroatoms. The van der Waals surface area contributed by atoms with Gasteiger partial charge in [0.1, 0.15) is 5.69 Å². The molecule has 1 N–H and O–H groups in total. The van der Waals surface area contributed by atoms with Gasteiger partial charge in [-0.15, -0.1) is 0 Å². The number of amides is 1. The van der Waals surface area contributed by atoms with Gasteiger partial charge < -0.3 is 14.6 Å². The van der Waals surface area contributed by atoms with E-state index in [2.05, 4.69) is 5.32 Å². The number of carbonyl (C=O) groups excluding carboxylic acids is 2. The number of nitro benzene ring substituents is 1. The topological polar surface area (TPSA) is 103 Å². The van der Waals surface area contributed by atoms with E-state index in [0.717, 1.165) is 17.9 Å². The van der Waals surface area contributed by atoms with Crippen molar-refractivity contribution in [3.05, 3.63) is 57.4 Å². The summed E-state index contributed by atoms with van der Waals surface area (Å²) in [5, 5.41) is 13.3. The second-order valence-corrected chi connectivity index (χ2v) is 5.43. The Morgan fingerprint density at radius 2 is 1.96 bits per heavy atom. The zero-order valence-corrected chi connectivity index (χ0v) is 14.2. The molecule has 0 saturated carbocycles. The number of nitrogens with one attached hydrogen (secondary N) is 1. The Morgan fingerprint density at radius 3 is 2.56 bits per heavy atom. The first kappa shape index (κ1) is 18.2. The molecule has 1 aromatic heterocycles.